The molecule has 3 aromatic rings. The monoisotopic (exact) mass is 405 g/mol. The largest absolute Gasteiger partial charge is 0.453 e. The average molecular weight is 405 g/mol. The Kier molecular flexibility index (Phi) is 5.12. The number of amides is 1. The molecule has 0 bridgehead atoms. The van der Waals surface area contributed by atoms with Gasteiger partial charge >= 0.3 is 6.09 Å². The van der Waals surface area contributed by atoms with Crippen LogP contribution in [0.2, 0.25) is 0 Å². The minimum absolute atomic E-state index is 0.0214. The van der Waals surface area contributed by atoms with Gasteiger partial charge in [-0.3, -0.25) is 5.32 Å². The summed E-state index contributed by atoms with van der Waals surface area (Å²) in [4.78, 5) is 25.6. The highest BCUT2D eigenvalue weighted by molar-refractivity contribution is 7.98. The number of halogens is 5. The lowest BCUT2D eigenvalue weighted by atomic mass is 10.2. The zero-order valence-corrected chi connectivity index (χ0v) is 14.1. The Morgan fingerprint density at radius 2 is 1.74 bits per heavy atom. The van der Waals surface area contributed by atoms with Crippen molar-refractivity contribution in [3.63, 3.8) is 0 Å². The second kappa shape index (κ2) is 7.34. The van der Waals surface area contributed by atoms with Gasteiger partial charge in [-0.25, -0.2) is 36.7 Å². The van der Waals surface area contributed by atoms with Gasteiger partial charge in [0.2, 0.25) is 11.8 Å². The molecule has 0 saturated carbocycles. The molecule has 1 amide bonds. The molecular weight excluding hydrogens is 397 g/mol. The highest BCUT2D eigenvalue weighted by atomic mass is 32.2. The topological polar surface area (TPSA) is 92.8 Å². The van der Waals surface area contributed by atoms with Crippen LogP contribution in [0.4, 0.5) is 32.7 Å². The lowest BCUT2D eigenvalue weighted by molar-refractivity contribution is 0.186. The highest BCUT2D eigenvalue weighted by Crippen LogP contribution is 2.28. The number of H-pyrrole nitrogens is 1. The number of imidazole rings is 1. The molecule has 2 heterocycles. The second-order valence-corrected chi connectivity index (χ2v) is 5.87. The summed E-state index contributed by atoms with van der Waals surface area (Å²) in [5, 5.41) is 2.25. The van der Waals surface area contributed by atoms with E-state index >= 15 is 0 Å². The Morgan fingerprint density at radius 1 is 1.11 bits per heavy atom. The molecule has 0 aliphatic carbocycles. The number of methoxy groups -OCH3 is 1. The van der Waals surface area contributed by atoms with E-state index in [9.17, 15) is 26.7 Å². The molecule has 142 valence electrons. The van der Waals surface area contributed by atoms with Gasteiger partial charge in [0.15, 0.2) is 34.1 Å². The average Bonchev–Trinajstić information content (AvgIpc) is 3.06. The number of hydrogen-bond donors (Lipinski definition) is 2. The van der Waals surface area contributed by atoms with E-state index < -0.39 is 46.5 Å². The van der Waals surface area contributed by atoms with Crippen LogP contribution in [-0.4, -0.2) is 33.1 Å². The number of anilines is 1. The van der Waals surface area contributed by atoms with E-state index in [0.717, 1.165) is 7.11 Å². The van der Waals surface area contributed by atoms with Crippen molar-refractivity contribution in [2.75, 3.05) is 12.4 Å². The fraction of sp³-hybridized carbons (Fsp3) is 0.143. The van der Waals surface area contributed by atoms with Gasteiger partial charge < -0.3 is 9.72 Å². The number of carbonyl (C=O) groups is 1. The summed E-state index contributed by atoms with van der Waals surface area (Å²) in [5.74, 6) is -10.7. The van der Waals surface area contributed by atoms with Gasteiger partial charge in [-0.1, -0.05) is 11.8 Å². The van der Waals surface area contributed by atoms with Crippen molar-refractivity contribution in [3.8, 4) is 0 Å². The lowest BCUT2D eigenvalue weighted by Crippen LogP contribution is -2.11. The fourth-order valence-electron chi connectivity index (χ4n) is 1.98. The normalized spacial score (nSPS) is 11.0. The molecule has 0 aliphatic heterocycles. The van der Waals surface area contributed by atoms with Gasteiger partial charge in [0.1, 0.15) is 5.52 Å². The third-order valence-electron chi connectivity index (χ3n) is 3.27. The summed E-state index contributed by atoms with van der Waals surface area (Å²) < 4.78 is 71.2. The predicted molar refractivity (Wildman–Crippen MR) is 83.5 cm³/mol. The van der Waals surface area contributed by atoms with Crippen LogP contribution in [0.1, 0.15) is 5.56 Å². The van der Waals surface area contributed by atoms with Gasteiger partial charge in [0, 0.05) is 11.3 Å². The minimum Gasteiger partial charge on any atom is -0.453 e. The van der Waals surface area contributed by atoms with Crippen molar-refractivity contribution in [2.24, 2.45) is 0 Å². The second-order valence-electron chi connectivity index (χ2n) is 4.93. The molecule has 0 aliphatic rings. The molecule has 13 heteroatoms. The number of carbonyl (C=O) groups excluding carboxylic acids is 1. The fourth-order valence-corrected chi connectivity index (χ4v) is 2.79. The standard InChI is InChI=1S/C14H8F5N5O2S/c1-26-14(25)24-12-21-5-2-20-13(23-11(5)22-12)27-3-4-6(15)8(17)10(19)9(18)7(4)16/h2H,3H2,1H3,(H2,20,21,22,23,24,25). The molecule has 27 heavy (non-hydrogen) atoms. The SMILES string of the molecule is COC(=O)Nc1nc2nc(SCc3c(F)c(F)c(F)c(F)c3F)ncc2[nH]1. The first-order chi connectivity index (χ1) is 12.8. The number of benzene rings is 1. The first kappa shape index (κ1) is 18.8. The number of nitrogens with zero attached hydrogens (tertiary/aromatic N) is 3. The van der Waals surface area contributed by atoms with Crippen molar-refractivity contribution in [2.45, 2.75) is 10.9 Å². The molecule has 3 rings (SSSR count). The van der Waals surface area contributed by atoms with Gasteiger partial charge in [0.05, 0.1) is 13.3 Å². The van der Waals surface area contributed by atoms with Crippen LogP contribution in [0.15, 0.2) is 11.4 Å². The van der Waals surface area contributed by atoms with Crippen LogP contribution in [0, 0.1) is 29.1 Å². The molecule has 0 atom stereocenters. The molecule has 2 N–H and O–H groups in total. The van der Waals surface area contributed by atoms with E-state index in [1.165, 1.54) is 6.20 Å². The number of hydrogen-bond acceptors (Lipinski definition) is 6. The molecule has 0 unspecified atom stereocenters. The summed E-state index contributed by atoms with van der Waals surface area (Å²) in [6.07, 6.45) is 0.501. The Bertz CT molecular complexity index is 1020. The van der Waals surface area contributed by atoms with Crippen molar-refractivity contribution in [3.05, 3.63) is 40.8 Å². The van der Waals surface area contributed by atoms with Crippen LogP contribution in [0.5, 0.6) is 0 Å². The van der Waals surface area contributed by atoms with Crippen molar-refractivity contribution in [1.82, 2.24) is 19.9 Å². The van der Waals surface area contributed by atoms with Crippen LogP contribution >= 0.6 is 11.8 Å². The van der Waals surface area contributed by atoms with Gasteiger partial charge in [-0.15, -0.1) is 0 Å². The molecule has 0 spiro atoms. The van der Waals surface area contributed by atoms with Crippen LogP contribution in [0.3, 0.4) is 0 Å². The summed E-state index contributed by atoms with van der Waals surface area (Å²) >= 11 is 0.644. The number of ether oxygens (including phenoxy) is 1. The maximum absolute atomic E-state index is 13.7. The van der Waals surface area contributed by atoms with E-state index in [1.807, 2.05) is 0 Å². The zero-order valence-electron chi connectivity index (χ0n) is 13.2. The van der Waals surface area contributed by atoms with Gasteiger partial charge in [-0.05, 0) is 0 Å². The van der Waals surface area contributed by atoms with E-state index in [2.05, 4.69) is 30.0 Å². The number of aromatic amines is 1. The Hall–Kier alpha value is -2.96. The van der Waals surface area contributed by atoms with E-state index in [4.69, 9.17) is 0 Å². The lowest BCUT2D eigenvalue weighted by Gasteiger charge is -2.07. The molecule has 1 aromatic carbocycles. The van der Waals surface area contributed by atoms with E-state index in [0.29, 0.717) is 17.3 Å². The predicted octanol–water partition coefficient (Wildman–Crippen LogP) is 3.52. The molecule has 0 saturated heterocycles. The number of thioether (sulfide) groups is 1. The van der Waals surface area contributed by atoms with Crippen molar-refractivity contribution >= 4 is 35.0 Å². The van der Waals surface area contributed by atoms with Gasteiger partial charge in [0.25, 0.3) is 0 Å². The number of nitrogens with one attached hydrogen (secondary N) is 2. The van der Waals surface area contributed by atoms with Crippen molar-refractivity contribution in [1.29, 1.82) is 0 Å². The van der Waals surface area contributed by atoms with Crippen LogP contribution in [-0.2, 0) is 10.5 Å². The third-order valence-corrected chi connectivity index (χ3v) is 4.16. The van der Waals surface area contributed by atoms with E-state index in [1.54, 1.807) is 0 Å². The Labute approximate surface area is 151 Å². The Morgan fingerprint density at radius 3 is 2.37 bits per heavy atom. The summed E-state index contributed by atoms with van der Waals surface area (Å²) in [7, 11) is 1.16. The zero-order chi connectivity index (χ0) is 19.7. The molecule has 0 radical (unpaired) electrons. The first-order valence-electron chi connectivity index (χ1n) is 7.02. The number of aromatic nitrogens is 4. The number of rotatable bonds is 4. The minimum atomic E-state index is -2.22. The maximum atomic E-state index is 13.7. The third kappa shape index (κ3) is 3.63. The molecular formula is C14H8F5N5O2S. The van der Waals surface area contributed by atoms with Crippen LogP contribution < -0.4 is 5.32 Å². The first-order valence-corrected chi connectivity index (χ1v) is 8.01. The molecule has 0 fully saturated rings. The van der Waals surface area contributed by atoms with Gasteiger partial charge in [-0.2, -0.15) is 4.98 Å². The summed E-state index contributed by atoms with van der Waals surface area (Å²) in [5.41, 5.74) is -0.548. The highest BCUT2D eigenvalue weighted by Gasteiger charge is 2.25. The summed E-state index contributed by atoms with van der Waals surface area (Å²) in [6.45, 7) is 0. The van der Waals surface area contributed by atoms with Crippen molar-refractivity contribution < 1.29 is 31.5 Å². The number of fused-ring (bicyclic) bond motifs is 1. The Balaban J connectivity index is 1.83. The summed E-state index contributed by atoms with van der Waals surface area (Å²) in [6, 6.07) is 0. The molecule has 7 nitrogen and oxygen atoms in total. The smallest absolute Gasteiger partial charge is 0.413 e. The van der Waals surface area contributed by atoms with Crippen LogP contribution in [0.25, 0.3) is 11.2 Å². The maximum Gasteiger partial charge on any atom is 0.413 e. The quantitative estimate of drug-likeness (QED) is 0.227. The van der Waals surface area contributed by atoms with E-state index in [-0.39, 0.29) is 16.8 Å². The molecule has 2 aromatic heterocycles.